The normalized spacial score (nSPS) is 25.3. The maximum atomic E-state index is 5.91. The Balaban J connectivity index is 0.00000133. The first-order chi connectivity index (χ1) is 8.70. The van der Waals surface area contributed by atoms with Crippen LogP contribution in [0.5, 0.6) is 11.5 Å². The molecule has 3 rings (SSSR count). The van der Waals surface area contributed by atoms with Crippen molar-refractivity contribution < 1.29 is 9.47 Å². The summed E-state index contributed by atoms with van der Waals surface area (Å²) in [6, 6.07) is 6.49. The number of ether oxygens (including phenoxy) is 2. The summed E-state index contributed by atoms with van der Waals surface area (Å²) in [7, 11) is 3.86. The Morgan fingerprint density at radius 1 is 1.37 bits per heavy atom. The maximum absolute atomic E-state index is 5.91. The number of para-hydroxylation sites is 1. The molecular formula is C15H20ClNO2. The van der Waals surface area contributed by atoms with Crippen molar-refractivity contribution in [3.63, 3.8) is 0 Å². The lowest BCUT2D eigenvalue weighted by molar-refractivity contribution is 0.166. The summed E-state index contributed by atoms with van der Waals surface area (Å²) < 4.78 is 11.3. The van der Waals surface area contributed by atoms with Gasteiger partial charge in [0, 0.05) is 12.1 Å². The van der Waals surface area contributed by atoms with Crippen molar-refractivity contribution >= 4 is 18.0 Å². The lowest BCUT2D eigenvalue weighted by Gasteiger charge is -2.39. The van der Waals surface area contributed by atoms with Crippen molar-refractivity contribution in [3.8, 4) is 11.5 Å². The van der Waals surface area contributed by atoms with Crippen molar-refractivity contribution in [3.05, 3.63) is 29.8 Å². The molecule has 0 radical (unpaired) electrons. The monoisotopic (exact) mass is 281 g/mol. The first kappa shape index (κ1) is 14.2. The Morgan fingerprint density at radius 2 is 2.16 bits per heavy atom. The van der Waals surface area contributed by atoms with Crippen LogP contribution in [-0.2, 0) is 0 Å². The van der Waals surface area contributed by atoms with Gasteiger partial charge in [0.1, 0.15) is 6.61 Å². The third-order valence-corrected chi connectivity index (χ3v) is 3.83. The largest absolute Gasteiger partial charge is 0.493 e. The van der Waals surface area contributed by atoms with Gasteiger partial charge in [0.2, 0.25) is 0 Å². The van der Waals surface area contributed by atoms with E-state index < -0.39 is 0 Å². The number of likely N-dealkylation sites (N-methyl/N-ethyl adjacent to an activating group) is 1. The summed E-state index contributed by atoms with van der Waals surface area (Å²) in [5.74, 6) is 2.30. The van der Waals surface area contributed by atoms with Gasteiger partial charge in [-0.05, 0) is 24.6 Å². The highest BCUT2D eigenvalue weighted by Crippen LogP contribution is 2.42. The second-order valence-electron chi connectivity index (χ2n) is 5.20. The standard InChI is InChI=1S/C15H19NO2.ClH/c1-10-7-12-11-5-4-6-14(17-3)15(11)18-9-13(12)16(2)8-10;/h4-7,10,13H,8-9H2,1-3H3;1H. The molecule has 0 bridgehead atoms. The highest BCUT2D eigenvalue weighted by molar-refractivity contribution is 5.85. The van der Waals surface area contributed by atoms with Crippen LogP contribution in [0.4, 0.5) is 0 Å². The first-order valence-electron chi connectivity index (χ1n) is 6.43. The molecule has 1 aromatic rings. The van der Waals surface area contributed by atoms with Gasteiger partial charge < -0.3 is 9.47 Å². The second kappa shape index (κ2) is 5.43. The summed E-state index contributed by atoms with van der Waals surface area (Å²) in [6.07, 6.45) is 2.38. The van der Waals surface area contributed by atoms with E-state index in [1.807, 2.05) is 12.1 Å². The van der Waals surface area contributed by atoms with Gasteiger partial charge >= 0.3 is 0 Å². The molecule has 0 N–H and O–H groups in total. The van der Waals surface area contributed by atoms with E-state index in [4.69, 9.17) is 9.47 Å². The minimum atomic E-state index is 0. The summed E-state index contributed by atoms with van der Waals surface area (Å²) in [6.45, 7) is 4.06. The lowest BCUT2D eigenvalue weighted by atomic mass is 9.88. The van der Waals surface area contributed by atoms with Crippen LogP contribution in [0.3, 0.4) is 0 Å². The van der Waals surface area contributed by atoms with Gasteiger partial charge in [-0.1, -0.05) is 25.1 Å². The molecule has 0 fully saturated rings. The molecule has 0 aromatic heterocycles. The molecule has 4 heteroatoms. The average Bonchev–Trinajstić information content (AvgIpc) is 2.37. The molecule has 3 nitrogen and oxygen atoms in total. The van der Waals surface area contributed by atoms with Gasteiger partial charge in [-0.15, -0.1) is 12.4 Å². The molecule has 0 aliphatic carbocycles. The summed E-state index contributed by atoms with van der Waals surface area (Å²) in [5.41, 5.74) is 2.57. The van der Waals surface area contributed by atoms with E-state index in [-0.39, 0.29) is 12.4 Å². The van der Waals surface area contributed by atoms with E-state index in [1.54, 1.807) is 7.11 Å². The zero-order valence-electron chi connectivity index (χ0n) is 11.6. The number of rotatable bonds is 1. The van der Waals surface area contributed by atoms with E-state index in [9.17, 15) is 0 Å². The lowest BCUT2D eigenvalue weighted by Crippen LogP contribution is -2.44. The fourth-order valence-electron chi connectivity index (χ4n) is 2.99. The van der Waals surface area contributed by atoms with Crippen LogP contribution in [0.2, 0.25) is 0 Å². The van der Waals surface area contributed by atoms with E-state index >= 15 is 0 Å². The van der Waals surface area contributed by atoms with Crippen molar-refractivity contribution in [1.29, 1.82) is 0 Å². The van der Waals surface area contributed by atoms with Crippen LogP contribution < -0.4 is 9.47 Å². The highest BCUT2D eigenvalue weighted by atomic mass is 35.5. The fraction of sp³-hybridized carbons (Fsp3) is 0.467. The molecule has 0 spiro atoms. The van der Waals surface area contributed by atoms with E-state index in [0.717, 1.165) is 18.0 Å². The number of halogens is 1. The Bertz CT molecular complexity index is 501. The highest BCUT2D eigenvalue weighted by Gasteiger charge is 2.33. The number of methoxy groups -OCH3 is 1. The number of benzene rings is 1. The SMILES string of the molecule is COc1cccc2c1OCC1C2=CC(C)CN1C.Cl. The molecule has 0 saturated heterocycles. The molecule has 0 saturated carbocycles. The summed E-state index contributed by atoms with van der Waals surface area (Å²) >= 11 is 0. The number of nitrogens with zero attached hydrogens (tertiary/aromatic N) is 1. The average molecular weight is 282 g/mol. The van der Waals surface area contributed by atoms with Crippen LogP contribution in [0, 0.1) is 5.92 Å². The minimum Gasteiger partial charge on any atom is -0.493 e. The van der Waals surface area contributed by atoms with Crippen LogP contribution in [0.25, 0.3) is 5.57 Å². The zero-order chi connectivity index (χ0) is 12.7. The van der Waals surface area contributed by atoms with Gasteiger partial charge in [-0.25, -0.2) is 0 Å². The van der Waals surface area contributed by atoms with Crippen molar-refractivity contribution in [2.45, 2.75) is 13.0 Å². The molecular weight excluding hydrogens is 262 g/mol. The predicted molar refractivity (Wildman–Crippen MR) is 79.3 cm³/mol. The smallest absolute Gasteiger partial charge is 0.168 e. The molecule has 2 aliphatic rings. The van der Waals surface area contributed by atoms with Gasteiger partial charge in [0.15, 0.2) is 11.5 Å². The Morgan fingerprint density at radius 3 is 2.89 bits per heavy atom. The van der Waals surface area contributed by atoms with Crippen molar-refractivity contribution in [2.24, 2.45) is 5.92 Å². The fourth-order valence-corrected chi connectivity index (χ4v) is 2.99. The number of hydrogen-bond donors (Lipinski definition) is 0. The summed E-state index contributed by atoms with van der Waals surface area (Å²) in [5, 5.41) is 0. The molecule has 104 valence electrons. The molecule has 2 atom stereocenters. The van der Waals surface area contributed by atoms with Crippen molar-refractivity contribution in [1.82, 2.24) is 4.90 Å². The van der Waals surface area contributed by atoms with Gasteiger partial charge in [-0.2, -0.15) is 0 Å². The molecule has 2 heterocycles. The van der Waals surface area contributed by atoms with Crippen LogP contribution in [0.1, 0.15) is 12.5 Å². The van der Waals surface area contributed by atoms with Crippen LogP contribution >= 0.6 is 12.4 Å². The minimum absolute atomic E-state index is 0. The van der Waals surface area contributed by atoms with Crippen LogP contribution in [0.15, 0.2) is 24.3 Å². The quantitative estimate of drug-likeness (QED) is 0.790. The molecule has 2 aliphatic heterocycles. The van der Waals surface area contributed by atoms with Gasteiger partial charge in [0.25, 0.3) is 0 Å². The van der Waals surface area contributed by atoms with E-state index in [0.29, 0.717) is 18.6 Å². The third kappa shape index (κ3) is 2.33. The van der Waals surface area contributed by atoms with Gasteiger partial charge in [0.05, 0.1) is 13.2 Å². The molecule has 1 aromatic carbocycles. The Kier molecular flexibility index (Phi) is 4.07. The zero-order valence-corrected chi connectivity index (χ0v) is 12.4. The molecule has 2 unspecified atom stereocenters. The van der Waals surface area contributed by atoms with Gasteiger partial charge in [-0.3, -0.25) is 4.90 Å². The first-order valence-corrected chi connectivity index (χ1v) is 6.43. The maximum Gasteiger partial charge on any atom is 0.168 e. The van der Waals surface area contributed by atoms with E-state index in [2.05, 4.69) is 31.0 Å². The van der Waals surface area contributed by atoms with Crippen molar-refractivity contribution in [2.75, 3.05) is 27.3 Å². The Hall–Kier alpha value is -1.19. The predicted octanol–water partition coefficient (Wildman–Crippen LogP) is 2.84. The topological polar surface area (TPSA) is 21.7 Å². The third-order valence-electron chi connectivity index (χ3n) is 3.83. The second-order valence-corrected chi connectivity index (χ2v) is 5.20. The summed E-state index contributed by atoms with van der Waals surface area (Å²) in [4.78, 5) is 2.38. The van der Waals surface area contributed by atoms with Crippen LogP contribution in [-0.4, -0.2) is 38.3 Å². The molecule has 0 amide bonds. The Labute approximate surface area is 120 Å². The number of hydrogen-bond acceptors (Lipinski definition) is 3. The molecule has 19 heavy (non-hydrogen) atoms. The van der Waals surface area contributed by atoms with E-state index in [1.165, 1.54) is 11.1 Å². The number of fused-ring (bicyclic) bond motifs is 3.